The number of primary amides is 1. The van der Waals surface area contributed by atoms with Crippen molar-refractivity contribution in [2.75, 3.05) is 5.75 Å². The van der Waals surface area contributed by atoms with Crippen molar-refractivity contribution in [1.29, 1.82) is 0 Å². The van der Waals surface area contributed by atoms with Gasteiger partial charge < -0.3 is 11.5 Å². The molecule has 1 amide bonds. The lowest BCUT2D eigenvalue weighted by Crippen LogP contribution is -2.21. The fraction of sp³-hybridized carbons (Fsp3) is 0.417. The van der Waals surface area contributed by atoms with Crippen LogP contribution in [0.3, 0.4) is 0 Å². The van der Waals surface area contributed by atoms with E-state index < -0.39 is 5.91 Å². The van der Waals surface area contributed by atoms with Gasteiger partial charge in [-0.05, 0) is 30.2 Å². The minimum atomic E-state index is -0.540. The van der Waals surface area contributed by atoms with E-state index in [1.165, 1.54) is 18.2 Å². The number of hydrogen-bond donors (Lipinski definition) is 2. The van der Waals surface area contributed by atoms with Crippen molar-refractivity contribution < 1.29 is 9.18 Å². The summed E-state index contributed by atoms with van der Waals surface area (Å²) in [5, 5.41) is 0. The summed E-state index contributed by atoms with van der Waals surface area (Å²) in [6.45, 7) is 2.01. The Labute approximate surface area is 105 Å². The fourth-order valence-corrected chi connectivity index (χ4v) is 2.37. The Morgan fingerprint density at radius 3 is 2.82 bits per heavy atom. The van der Waals surface area contributed by atoms with E-state index in [-0.39, 0.29) is 11.9 Å². The first-order valence-electron chi connectivity index (χ1n) is 5.46. The van der Waals surface area contributed by atoms with Crippen LogP contribution in [0.1, 0.15) is 29.3 Å². The maximum absolute atomic E-state index is 13.4. The highest BCUT2D eigenvalue weighted by atomic mass is 32.2. The first-order valence-corrected chi connectivity index (χ1v) is 6.61. The number of halogens is 1. The molecular weight excluding hydrogens is 239 g/mol. The van der Waals surface area contributed by atoms with Crippen molar-refractivity contribution in [3.8, 4) is 0 Å². The van der Waals surface area contributed by atoms with E-state index >= 15 is 0 Å². The van der Waals surface area contributed by atoms with E-state index in [2.05, 4.69) is 0 Å². The molecule has 0 aliphatic carbocycles. The van der Waals surface area contributed by atoms with Gasteiger partial charge in [-0.1, -0.05) is 6.92 Å². The number of hydrogen-bond acceptors (Lipinski definition) is 3. The quantitative estimate of drug-likeness (QED) is 0.816. The molecule has 3 nitrogen and oxygen atoms in total. The lowest BCUT2D eigenvalue weighted by molar-refractivity contribution is 0.1000. The summed E-state index contributed by atoms with van der Waals surface area (Å²) in [5.74, 6) is 0.422. The Balaban J connectivity index is 2.63. The molecule has 1 rings (SSSR count). The molecular formula is C12H17FN2OS. The van der Waals surface area contributed by atoms with Gasteiger partial charge >= 0.3 is 0 Å². The normalized spacial score (nSPS) is 12.4. The zero-order valence-electron chi connectivity index (χ0n) is 9.78. The summed E-state index contributed by atoms with van der Waals surface area (Å²) in [4.78, 5) is 11.0. The molecule has 1 aromatic carbocycles. The van der Waals surface area contributed by atoms with Crippen molar-refractivity contribution >= 4 is 17.7 Å². The SMILES string of the molecule is CCC(N)CSCc1cc(C(N)=O)ccc1F. The van der Waals surface area contributed by atoms with Crippen LogP contribution in [0.5, 0.6) is 0 Å². The van der Waals surface area contributed by atoms with Crippen LogP contribution in [-0.2, 0) is 5.75 Å². The zero-order valence-corrected chi connectivity index (χ0v) is 10.6. The second-order valence-electron chi connectivity index (χ2n) is 3.85. The number of rotatable bonds is 6. The Kier molecular flexibility index (Phi) is 5.44. The van der Waals surface area contributed by atoms with E-state index in [1.54, 1.807) is 11.8 Å². The third-order valence-corrected chi connectivity index (χ3v) is 3.62. The maximum atomic E-state index is 13.4. The monoisotopic (exact) mass is 256 g/mol. The molecule has 0 heterocycles. The van der Waals surface area contributed by atoms with Gasteiger partial charge in [0.05, 0.1) is 0 Å². The third-order valence-electron chi connectivity index (χ3n) is 2.44. The molecule has 1 aromatic rings. The van der Waals surface area contributed by atoms with Crippen molar-refractivity contribution in [2.45, 2.75) is 25.1 Å². The van der Waals surface area contributed by atoms with Crippen LogP contribution in [0.15, 0.2) is 18.2 Å². The number of carbonyl (C=O) groups is 1. The molecule has 0 bridgehead atoms. The number of benzene rings is 1. The predicted octanol–water partition coefficient (Wildman–Crippen LogP) is 1.90. The van der Waals surface area contributed by atoms with Crippen LogP contribution in [0, 0.1) is 5.82 Å². The van der Waals surface area contributed by atoms with E-state index in [0.29, 0.717) is 16.9 Å². The summed E-state index contributed by atoms with van der Waals surface area (Å²) in [5.41, 5.74) is 11.7. The molecule has 0 fully saturated rings. The number of carbonyl (C=O) groups excluding carboxylic acids is 1. The predicted molar refractivity (Wildman–Crippen MR) is 69.3 cm³/mol. The van der Waals surface area contributed by atoms with Crippen LogP contribution >= 0.6 is 11.8 Å². The Morgan fingerprint density at radius 2 is 2.24 bits per heavy atom. The number of nitrogens with two attached hydrogens (primary N) is 2. The van der Waals surface area contributed by atoms with Gasteiger partial charge in [0.25, 0.3) is 0 Å². The zero-order chi connectivity index (χ0) is 12.8. The maximum Gasteiger partial charge on any atom is 0.248 e. The third kappa shape index (κ3) is 4.36. The molecule has 0 spiro atoms. The van der Waals surface area contributed by atoms with E-state index in [9.17, 15) is 9.18 Å². The van der Waals surface area contributed by atoms with Gasteiger partial charge in [-0.25, -0.2) is 4.39 Å². The van der Waals surface area contributed by atoms with E-state index in [1.807, 2.05) is 6.92 Å². The van der Waals surface area contributed by atoms with Crippen LogP contribution in [0.4, 0.5) is 4.39 Å². The van der Waals surface area contributed by atoms with Gasteiger partial charge in [0.2, 0.25) is 5.91 Å². The van der Waals surface area contributed by atoms with Gasteiger partial charge in [0.15, 0.2) is 0 Å². The first kappa shape index (κ1) is 14.0. The lowest BCUT2D eigenvalue weighted by Gasteiger charge is -2.09. The largest absolute Gasteiger partial charge is 0.366 e. The molecule has 1 atom stereocenters. The minimum Gasteiger partial charge on any atom is -0.366 e. The summed E-state index contributed by atoms with van der Waals surface area (Å²) in [6, 6.07) is 4.30. The summed E-state index contributed by atoms with van der Waals surface area (Å²) in [6.07, 6.45) is 0.900. The molecule has 0 saturated heterocycles. The van der Waals surface area contributed by atoms with Crippen molar-refractivity contribution in [1.82, 2.24) is 0 Å². The number of thioether (sulfide) groups is 1. The second-order valence-corrected chi connectivity index (χ2v) is 4.88. The molecule has 0 aliphatic heterocycles. The van der Waals surface area contributed by atoms with Crippen LogP contribution in [-0.4, -0.2) is 17.7 Å². The Hall–Kier alpha value is -1.07. The van der Waals surface area contributed by atoms with Crippen molar-refractivity contribution in [3.05, 3.63) is 35.1 Å². The van der Waals surface area contributed by atoms with Gasteiger partial charge in [-0.15, -0.1) is 0 Å². The Morgan fingerprint density at radius 1 is 1.53 bits per heavy atom. The highest BCUT2D eigenvalue weighted by Crippen LogP contribution is 2.18. The standard InChI is InChI=1S/C12H17FN2OS/c1-2-10(14)7-17-6-9-5-8(12(15)16)3-4-11(9)13/h3-5,10H,2,6-7,14H2,1H3,(H2,15,16). The smallest absolute Gasteiger partial charge is 0.248 e. The molecule has 0 radical (unpaired) electrons. The van der Waals surface area contributed by atoms with E-state index in [0.717, 1.165) is 12.2 Å². The van der Waals surface area contributed by atoms with Crippen molar-refractivity contribution in [3.63, 3.8) is 0 Å². The van der Waals surface area contributed by atoms with Crippen LogP contribution in [0.2, 0.25) is 0 Å². The van der Waals surface area contributed by atoms with Gasteiger partial charge in [0, 0.05) is 23.1 Å². The van der Waals surface area contributed by atoms with Gasteiger partial charge in [0.1, 0.15) is 5.82 Å². The van der Waals surface area contributed by atoms with Crippen molar-refractivity contribution in [2.24, 2.45) is 11.5 Å². The van der Waals surface area contributed by atoms with Gasteiger partial charge in [-0.2, -0.15) is 11.8 Å². The molecule has 4 N–H and O–H groups in total. The molecule has 0 aliphatic rings. The average molecular weight is 256 g/mol. The lowest BCUT2D eigenvalue weighted by atomic mass is 10.1. The topological polar surface area (TPSA) is 69.1 Å². The highest BCUT2D eigenvalue weighted by Gasteiger charge is 2.08. The highest BCUT2D eigenvalue weighted by molar-refractivity contribution is 7.98. The Bertz CT molecular complexity index is 398. The minimum absolute atomic E-state index is 0.127. The fourth-order valence-electron chi connectivity index (χ4n) is 1.28. The van der Waals surface area contributed by atoms with E-state index in [4.69, 9.17) is 11.5 Å². The molecule has 94 valence electrons. The van der Waals surface area contributed by atoms with Crippen LogP contribution in [0.25, 0.3) is 0 Å². The average Bonchev–Trinajstić information content (AvgIpc) is 2.30. The summed E-state index contributed by atoms with van der Waals surface area (Å²) >= 11 is 1.56. The first-order chi connectivity index (χ1) is 8.04. The summed E-state index contributed by atoms with van der Waals surface area (Å²) in [7, 11) is 0. The molecule has 0 aromatic heterocycles. The molecule has 17 heavy (non-hydrogen) atoms. The number of amides is 1. The van der Waals surface area contributed by atoms with Crippen LogP contribution < -0.4 is 11.5 Å². The molecule has 1 unspecified atom stereocenters. The summed E-state index contributed by atoms with van der Waals surface area (Å²) < 4.78 is 13.4. The van der Waals surface area contributed by atoms with Gasteiger partial charge in [-0.3, -0.25) is 4.79 Å². The molecule has 0 saturated carbocycles. The second kappa shape index (κ2) is 6.61. The molecule has 5 heteroatoms.